The SMILES string of the molecule is CCNC(=NCCc1cccs1)NC1CCN(Cc2ccccc2)C(C)C1.I. The maximum Gasteiger partial charge on any atom is 0.191 e. The smallest absolute Gasteiger partial charge is 0.191 e. The van der Waals surface area contributed by atoms with Crippen molar-refractivity contribution in [3.63, 3.8) is 0 Å². The number of thiophene rings is 1. The van der Waals surface area contributed by atoms with Gasteiger partial charge in [0.15, 0.2) is 5.96 Å². The topological polar surface area (TPSA) is 39.7 Å². The van der Waals surface area contributed by atoms with Crippen LogP contribution in [0.1, 0.15) is 37.1 Å². The van der Waals surface area contributed by atoms with E-state index in [2.05, 4.69) is 77.2 Å². The summed E-state index contributed by atoms with van der Waals surface area (Å²) in [6.45, 7) is 8.37. The van der Waals surface area contributed by atoms with Crippen molar-refractivity contribution in [3.8, 4) is 0 Å². The van der Waals surface area contributed by atoms with Gasteiger partial charge in [-0.05, 0) is 43.7 Å². The predicted molar refractivity (Wildman–Crippen MR) is 132 cm³/mol. The predicted octanol–water partition coefficient (Wildman–Crippen LogP) is 4.52. The summed E-state index contributed by atoms with van der Waals surface area (Å²) in [5.74, 6) is 0.961. The molecular formula is C22H33IN4S. The number of guanidine groups is 1. The summed E-state index contributed by atoms with van der Waals surface area (Å²) < 4.78 is 0. The zero-order valence-corrected chi connectivity index (χ0v) is 20.1. The Labute approximate surface area is 190 Å². The van der Waals surface area contributed by atoms with Gasteiger partial charge in [0.25, 0.3) is 0 Å². The van der Waals surface area contributed by atoms with E-state index in [9.17, 15) is 0 Å². The van der Waals surface area contributed by atoms with Crippen LogP contribution in [0.2, 0.25) is 0 Å². The third-order valence-corrected chi connectivity index (χ3v) is 6.07. The number of rotatable bonds is 7. The average Bonchev–Trinajstić information content (AvgIpc) is 3.18. The number of hydrogen-bond acceptors (Lipinski definition) is 3. The van der Waals surface area contributed by atoms with Gasteiger partial charge in [0.05, 0.1) is 0 Å². The molecule has 2 unspecified atom stereocenters. The summed E-state index contributed by atoms with van der Waals surface area (Å²) in [7, 11) is 0. The third-order valence-electron chi connectivity index (χ3n) is 5.14. The number of halogens is 1. The van der Waals surface area contributed by atoms with Gasteiger partial charge in [-0.1, -0.05) is 36.4 Å². The Kier molecular flexibility index (Phi) is 10.3. The van der Waals surface area contributed by atoms with Crippen LogP contribution in [0.15, 0.2) is 52.8 Å². The maximum absolute atomic E-state index is 4.78. The van der Waals surface area contributed by atoms with Crippen molar-refractivity contribution in [2.24, 2.45) is 4.99 Å². The third kappa shape index (κ3) is 7.37. The molecule has 3 rings (SSSR count). The van der Waals surface area contributed by atoms with Crippen LogP contribution in [0.4, 0.5) is 0 Å². The highest BCUT2D eigenvalue weighted by molar-refractivity contribution is 14.0. The van der Waals surface area contributed by atoms with Gasteiger partial charge in [-0.15, -0.1) is 35.3 Å². The number of aliphatic imine (C=N–C) groups is 1. The monoisotopic (exact) mass is 512 g/mol. The molecule has 28 heavy (non-hydrogen) atoms. The minimum Gasteiger partial charge on any atom is -0.357 e. The molecule has 0 saturated carbocycles. The molecule has 1 aliphatic heterocycles. The van der Waals surface area contributed by atoms with Crippen LogP contribution in [-0.2, 0) is 13.0 Å². The minimum atomic E-state index is 0. The fourth-order valence-corrected chi connectivity index (χ4v) is 4.35. The van der Waals surface area contributed by atoms with E-state index in [1.165, 1.54) is 10.4 Å². The highest BCUT2D eigenvalue weighted by Crippen LogP contribution is 2.20. The molecule has 1 aromatic heterocycles. The quantitative estimate of drug-likeness (QED) is 0.326. The van der Waals surface area contributed by atoms with E-state index in [-0.39, 0.29) is 24.0 Å². The summed E-state index contributed by atoms with van der Waals surface area (Å²) in [5, 5.41) is 9.20. The van der Waals surface area contributed by atoms with Crippen LogP contribution in [0.3, 0.4) is 0 Å². The van der Waals surface area contributed by atoms with Gasteiger partial charge in [0.2, 0.25) is 0 Å². The van der Waals surface area contributed by atoms with Crippen molar-refractivity contribution in [3.05, 3.63) is 58.3 Å². The highest BCUT2D eigenvalue weighted by atomic mass is 127. The first kappa shape index (κ1) is 23.2. The van der Waals surface area contributed by atoms with Crippen molar-refractivity contribution in [2.45, 2.75) is 51.7 Å². The lowest BCUT2D eigenvalue weighted by molar-refractivity contribution is 0.134. The van der Waals surface area contributed by atoms with E-state index in [1.807, 2.05) is 11.3 Å². The molecule has 0 spiro atoms. The highest BCUT2D eigenvalue weighted by Gasteiger charge is 2.25. The van der Waals surface area contributed by atoms with E-state index in [0.29, 0.717) is 12.1 Å². The van der Waals surface area contributed by atoms with Gasteiger partial charge in [-0.3, -0.25) is 9.89 Å². The lowest BCUT2D eigenvalue weighted by atomic mass is 9.97. The molecule has 1 fully saturated rings. The molecule has 1 saturated heterocycles. The van der Waals surface area contributed by atoms with E-state index >= 15 is 0 Å². The maximum atomic E-state index is 4.78. The first-order valence-corrected chi connectivity index (χ1v) is 11.0. The van der Waals surface area contributed by atoms with Crippen LogP contribution >= 0.6 is 35.3 Å². The van der Waals surface area contributed by atoms with Crippen LogP contribution in [0.5, 0.6) is 0 Å². The largest absolute Gasteiger partial charge is 0.357 e. The molecule has 2 atom stereocenters. The summed E-state index contributed by atoms with van der Waals surface area (Å²) in [6.07, 6.45) is 3.33. The molecule has 6 heteroatoms. The van der Waals surface area contributed by atoms with E-state index < -0.39 is 0 Å². The van der Waals surface area contributed by atoms with Crippen molar-refractivity contribution in [2.75, 3.05) is 19.6 Å². The first-order chi connectivity index (χ1) is 13.2. The fourth-order valence-electron chi connectivity index (χ4n) is 3.65. The minimum absolute atomic E-state index is 0. The fraction of sp³-hybridized carbons (Fsp3) is 0.500. The Hall–Kier alpha value is -1.12. The first-order valence-electron chi connectivity index (χ1n) is 10.1. The van der Waals surface area contributed by atoms with E-state index in [4.69, 9.17) is 4.99 Å². The van der Waals surface area contributed by atoms with Crippen LogP contribution in [0, 0.1) is 0 Å². The number of piperidine rings is 1. The van der Waals surface area contributed by atoms with Gasteiger partial charge in [0, 0.05) is 49.6 Å². The van der Waals surface area contributed by atoms with E-state index in [1.54, 1.807) is 0 Å². The lowest BCUT2D eigenvalue weighted by Gasteiger charge is -2.38. The van der Waals surface area contributed by atoms with Gasteiger partial charge in [-0.25, -0.2) is 0 Å². The van der Waals surface area contributed by atoms with Gasteiger partial charge in [-0.2, -0.15) is 0 Å². The second-order valence-corrected chi connectivity index (χ2v) is 8.29. The zero-order valence-electron chi connectivity index (χ0n) is 16.9. The Morgan fingerprint density at radius 3 is 2.71 bits per heavy atom. The summed E-state index contributed by atoms with van der Waals surface area (Å²) >= 11 is 1.81. The Morgan fingerprint density at radius 1 is 1.21 bits per heavy atom. The van der Waals surface area contributed by atoms with Crippen molar-refractivity contribution in [1.29, 1.82) is 0 Å². The standard InChI is InChI=1S/C22H32N4S.HI/c1-3-23-22(24-13-11-21-10-7-15-27-21)25-20-12-14-26(18(2)16-20)17-19-8-5-4-6-9-19;/h4-10,15,18,20H,3,11-14,16-17H2,1-2H3,(H2,23,24,25);1H. The molecule has 0 amide bonds. The molecule has 2 aromatic rings. The molecule has 0 bridgehead atoms. The van der Waals surface area contributed by atoms with Crippen molar-refractivity contribution < 1.29 is 0 Å². The molecular weight excluding hydrogens is 479 g/mol. The van der Waals surface area contributed by atoms with Crippen molar-refractivity contribution in [1.82, 2.24) is 15.5 Å². The van der Waals surface area contributed by atoms with Crippen molar-refractivity contribution >= 4 is 41.3 Å². The van der Waals surface area contributed by atoms with Gasteiger partial charge >= 0.3 is 0 Å². The summed E-state index contributed by atoms with van der Waals surface area (Å²) in [5.41, 5.74) is 1.40. The molecule has 4 nitrogen and oxygen atoms in total. The molecule has 154 valence electrons. The van der Waals surface area contributed by atoms with Crippen LogP contribution in [0.25, 0.3) is 0 Å². The second kappa shape index (κ2) is 12.4. The average molecular weight is 513 g/mol. The number of hydrogen-bond donors (Lipinski definition) is 2. The summed E-state index contributed by atoms with van der Waals surface area (Å²) in [4.78, 5) is 8.77. The Bertz CT molecular complexity index is 690. The molecule has 0 aliphatic carbocycles. The second-order valence-electron chi connectivity index (χ2n) is 7.26. The van der Waals surface area contributed by atoms with Gasteiger partial charge < -0.3 is 10.6 Å². The zero-order chi connectivity index (χ0) is 18.9. The molecule has 1 aliphatic rings. The molecule has 1 aromatic carbocycles. The molecule has 2 N–H and O–H groups in total. The number of benzene rings is 1. The Balaban J connectivity index is 0.00000280. The summed E-state index contributed by atoms with van der Waals surface area (Å²) in [6, 6.07) is 16.2. The normalized spacial score (nSPS) is 20.4. The molecule has 2 heterocycles. The Morgan fingerprint density at radius 2 is 2.04 bits per heavy atom. The molecule has 0 radical (unpaired) electrons. The van der Waals surface area contributed by atoms with E-state index in [0.717, 1.165) is 51.4 Å². The number of likely N-dealkylation sites (tertiary alicyclic amines) is 1. The van der Waals surface area contributed by atoms with Crippen LogP contribution < -0.4 is 10.6 Å². The number of nitrogens with one attached hydrogen (secondary N) is 2. The number of nitrogens with zero attached hydrogens (tertiary/aromatic N) is 2. The van der Waals surface area contributed by atoms with Gasteiger partial charge in [0.1, 0.15) is 0 Å². The lowest BCUT2D eigenvalue weighted by Crippen LogP contribution is -2.51. The van der Waals surface area contributed by atoms with Crippen LogP contribution in [-0.4, -0.2) is 42.6 Å².